The van der Waals surface area contributed by atoms with Gasteiger partial charge in [0.15, 0.2) is 0 Å². The third-order valence-electron chi connectivity index (χ3n) is 1.71. The van der Waals surface area contributed by atoms with E-state index in [1.54, 1.807) is 19.2 Å². The van der Waals surface area contributed by atoms with Gasteiger partial charge < -0.3 is 9.72 Å². The Morgan fingerprint density at radius 1 is 1.54 bits per heavy atom. The average molecular weight is 216 g/mol. The minimum atomic E-state index is -0.124. The van der Waals surface area contributed by atoms with E-state index >= 15 is 0 Å². The summed E-state index contributed by atoms with van der Waals surface area (Å²) in [6.07, 6.45) is 0. The first kappa shape index (κ1) is 8.59. The van der Waals surface area contributed by atoms with E-state index in [0.29, 0.717) is 16.3 Å². The fourth-order valence-electron chi connectivity index (χ4n) is 1.14. The second-order valence-corrected chi connectivity index (χ2v) is 3.86. The summed E-state index contributed by atoms with van der Waals surface area (Å²) in [7, 11) is 1.56. The SMILES string of the molecule is COc1ccc(Cl)c2[nH]c(=O)sc12. The van der Waals surface area contributed by atoms with Gasteiger partial charge in [0.2, 0.25) is 0 Å². The molecule has 1 heterocycles. The van der Waals surface area contributed by atoms with Gasteiger partial charge in [-0.3, -0.25) is 4.79 Å². The Kier molecular flexibility index (Phi) is 2.01. The summed E-state index contributed by atoms with van der Waals surface area (Å²) in [6.45, 7) is 0. The van der Waals surface area contributed by atoms with Crippen molar-refractivity contribution in [2.75, 3.05) is 7.11 Å². The fraction of sp³-hybridized carbons (Fsp3) is 0.125. The molecule has 0 aliphatic carbocycles. The molecule has 3 nitrogen and oxygen atoms in total. The number of halogens is 1. The number of methoxy groups -OCH3 is 1. The molecule has 68 valence electrons. The van der Waals surface area contributed by atoms with E-state index in [1.807, 2.05) is 0 Å². The second-order valence-electron chi connectivity index (χ2n) is 2.47. The van der Waals surface area contributed by atoms with Crippen LogP contribution in [0.25, 0.3) is 10.2 Å². The molecule has 1 aromatic heterocycles. The number of aromatic nitrogens is 1. The third-order valence-corrected chi connectivity index (χ3v) is 2.92. The quantitative estimate of drug-likeness (QED) is 0.793. The van der Waals surface area contributed by atoms with Crippen molar-refractivity contribution in [1.29, 1.82) is 0 Å². The second kappa shape index (κ2) is 3.05. The standard InChI is InChI=1S/C8H6ClNO2S/c1-12-5-3-2-4(9)6-7(5)13-8(11)10-6/h2-3H,1H3,(H,10,11). The number of fused-ring (bicyclic) bond motifs is 1. The smallest absolute Gasteiger partial charge is 0.305 e. The van der Waals surface area contributed by atoms with Gasteiger partial charge in [0.1, 0.15) is 5.75 Å². The van der Waals surface area contributed by atoms with Crippen molar-refractivity contribution >= 4 is 33.2 Å². The molecule has 0 fully saturated rings. The van der Waals surface area contributed by atoms with Gasteiger partial charge in [0, 0.05) is 0 Å². The molecule has 5 heteroatoms. The molecule has 0 atom stereocenters. The lowest BCUT2D eigenvalue weighted by atomic mass is 10.3. The zero-order valence-electron chi connectivity index (χ0n) is 6.76. The number of aromatic amines is 1. The topological polar surface area (TPSA) is 42.1 Å². The van der Waals surface area contributed by atoms with Gasteiger partial charge in [0.25, 0.3) is 0 Å². The molecule has 0 amide bonds. The number of H-pyrrole nitrogens is 1. The van der Waals surface area contributed by atoms with Crippen LogP contribution in [0.1, 0.15) is 0 Å². The molecule has 0 unspecified atom stereocenters. The number of hydrogen-bond donors (Lipinski definition) is 1. The summed E-state index contributed by atoms with van der Waals surface area (Å²) in [5, 5.41) is 0.536. The summed E-state index contributed by atoms with van der Waals surface area (Å²) in [4.78, 5) is 13.6. The van der Waals surface area contributed by atoms with Crippen LogP contribution in [-0.2, 0) is 0 Å². The lowest BCUT2D eigenvalue weighted by Gasteiger charge is -2.00. The fourth-order valence-corrected chi connectivity index (χ4v) is 2.25. The zero-order valence-corrected chi connectivity index (χ0v) is 8.33. The van der Waals surface area contributed by atoms with E-state index < -0.39 is 0 Å². The van der Waals surface area contributed by atoms with Crippen molar-refractivity contribution in [2.24, 2.45) is 0 Å². The highest BCUT2D eigenvalue weighted by Crippen LogP contribution is 2.31. The van der Waals surface area contributed by atoms with Crippen LogP contribution in [-0.4, -0.2) is 12.1 Å². The lowest BCUT2D eigenvalue weighted by Crippen LogP contribution is -1.89. The van der Waals surface area contributed by atoms with Gasteiger partial charge >= 0.3 is 4.87 Å². The highest BCUT2D eigenvalue weighted by atomic mass is 35.5. The summed E-state index contributed by atoms with van der Waals surface area (Å²) in [5.74, 6) is 0.669. The number of hydrogen-bond acceptors (Lipinski definition) is 3. The first-order valence-corrected chi connectivity index (χ1v) is 4.77. The maximum atomic E-state index is 11.1. The van der Waals surface area contributed by atoms with E-state index in [4.69, 9.17) is 16.3 Å². The third kappa shape index (κ3) is 1.32. The minimum Gasteiger partial charge on any atom is -0.495 e. The van der Waals surface area contributed by atoms with Crippen LogP contribution in [0.4, 0.5) is 0 Å². The highest BCUT2D eigenvalue weighted by Gasteiger charge is 2.08. The monoisotopic (exact) mass is 215 g/mol. The van der Waals surface area contributed by atoms with Crippen molar-refractivity contribution in [3.8, 4) is 5.75 Å². The summed E-state index contributed by atoms with van der Waals surface area (Å²) < 4.78 is 5.85. The highest BCUT2D eigenvalue weighted by molar-refractivity contribution is 7.16. The van der Waals surface area contributed by atoms with Crippen LogP contribution in [0.2, 0.25) is 5.02 Å². The van der Waals surface area contributed by atoms with Gasteiger partial charge in [-0.2, -0.15) is 0 Å². The molecular weight excluding hydrogens is 210 g/mol. The number of thiazole rings is 1. The van der Waals surface area contributed by atoms with E-state index in [9.17, 15) is 4.79 Å². The molecule has 0 radical (unpaired) electrons. The van der Waals surface area contributed by atoms with Crippen LogP contribution >= 0.6 is 22.9 Å². The van der Waals surface area contributed by atoms with Gasteiger partial charge in [-0.1, -0.05) is 22.9 Å². The minimum absolute atomic E-state index is 0.124. The van der Waals surface area contributed by atoms with Crippen LogP contribution in [0, 0.1) is 0 Å². The first-order valence-electron chi connectivity index (χ1n) is 3.57. The van der Waals surface area contributed by atoms with Crippen LogP contribution in [0.15, 0.2) is 16.9 Å². The Labute approximate surface area is 82.9 Å². The molecule has 0 saturated heterocycles. The van der Waals surface area contributed by atoms with Gasteiger partial charge in [-0.25, -0.2) is 0 Å². The van der Waals surface area contributed by atoms with Crippen LogP contribution in [0.5, 0.6) is 5.75 Å². The molecule has 2 aromatic rings. The van der Waals surface area contributed by atoms with Crippen LogP contribution in [0.3, 0.4) is 0 Å². The van der Waals surface area contributed by atoms with E-state index in [1.165, 1.54) is 0 Å². The van der Waals surface area contributed by atoms with E-state index in [-0.39, 0.29) is 4.87 Å². The maximum Gasteiger partial charge on any atom is 0.305 e. The van der Waals surface area contributed by atoms with Crippen molar-refractivity contribution in [1.82, 2.24) is 4.98 Å². The number of rotatable bonds is 1. The molecule has 2 rings (SSSR count). The molecule has 0 aliphatic heterocycles. The lowest BCUT2D eigenvalue weighted by molar-refractivity contribution is 0.420. The molecule has 1 N–H and O–H groups in total. The van der Waals surface area contributed by atoms with Crippen molar-refractivity contribution < 1.29 is 4.74 Å². The van der Waals surface area contributed by atoms with Crippen molar-refractivity contribution in [3.05, 3.63) is 26.8 Å². The number of nitrogens with one attached hydrogen (secondary N) is 1. The van der Waals surface area contributed by atoms with Crippen LogP contribution < -0.4 is 9.61 Å². The predicted octanol–water partition coefficient (Wildman–Crippen LogP) is 2.25. The Balaban J connectivity index is 2.91. The first-order chi connectivity index (χ1) is 6.22. The zero-order chi connectivity index (χ0) is 9.42. The Bertz CT molecular complexity index is 502. The Morgan fingerprint density at radius 2 is 2.31 bits per heavy atom. The largest absolute Gasteiger partial charge is 0.495 e. The summed E-state index contributed by atoms with van der Waals surface area (Å²) in [6, 6.07) is 3.44. The Morgan fingerprint density at radius 3 is 3.00 bits per heavy atom. The van der Waals surface area contributed by atoms with Crippen molar-refractivity contribution in [3.63, 3.8) is 0 Å². The molecule has 0 spiro atoms. The maximum absolute atomic E-state index is 11.1. The molecule has 0 bridgehead atoms. The normalized spacial score (nSPS) is 10.6. The number of benzene rings is 1. The summed E-state index contributed by atoms with van der Waals surface area (Å²) in [5.41, 5.74) is 0.649. The molecule has 0 saturated carbocycles. The molecule has 0 aliphatic rings. The molecular formula is C8H6ClNO2S. The molecule has 13 heavy (non-hydrogen) atoms. The van der Waals surface area contributed by atoms with Crippen molar-refractivity contribution in [2.45, 2.75) is 0 Å². The summed E-state index contributed by atoms with van der Waals surface area (Å²) >= 11 is 6.98. The molecule has 1 aromatic carbocycles. The van der Waals surface area contributed by atoms with Gasteiger partial charge in [-0.15, -0.1) is 0 Å². The average Bonchev–Trinajstić information content (AvgIpc) is 2.48. The predicted molar refractivity (Wildman–Crippen MR) is 54.0 cm³/mol. The van der Waals surface area contributed by atoms with Gasteiger partial charge in [0.05, 0.1) is 22.3 Å². The van der Waals surface area contributed by atoms with Gasteiger partial charge in [-0.05, 0) is 12.1 Å². The number of ether oxygens (including phenoxy) is 1. The van der Waals surface area contributed by atoms with E-state index in [0.717, 1.165) is 16.0 Å². The Hall–Kier alpha value is -1.00. The van der Waals surface area contributed by atoms with E-state index in [2.05, 4.69) is 4.98 Å².